The van der Waals surface area contributed by atoms with Crippen molar-refractivity contribution in [2.75, 3.05) is 30.3 Å². The minimum Gasteiger partial charge on any atom is -0.455 e. The standard InChI is InChI=1S/C18H22N2O2/c19-15-5-7-16(8-6-15)22-18-4-2-1-3-17(18)20-11-9-14(13-21)10-12-20/h1-8,14,21H,9-13,19H2. The van der Waals surface area contributed by atoms with Gasteiger partial charge >= 0.3 is 0 Å². The van der Waals surface area contributed by atoms with Crippen molar-refractivity contribution in [1.29, 1.82) is 0 Å². The maximum Gasteiger partial charge on any atom is 0.150 e. The van der Waals surface area contributed by atoms with Gasteiger partial charge < -0.3 is 20.5 Å². The van der Waals surface area contributed by atoms with Crippen LogP contribution in [0.3, 0.4) is 0 Å². The molecule has 3 N–H and O–H groups in total. The predicted octanol–water partition coefficient (Wildman–Crippen LogP) is 3.27. The van der Waals surface area contributed by atoms with E-state index in [1.54, 1.807) is 0 Å². The van der Waals surface area contributed by atoms with E-state index in [4.69, 9.17) is 10.5 Å². The number of nitrogens with two attached hydrogens (primary N) is 1. The summed E-state index contributed by atoms with van der Waals surface area (Å²) in [6.45, 7) is 2.19. The van der Waals surface area contributed by atoms with Gasteiger partial charge in [-0.05, 0) is 55.2 Å². The van der Waals surface area contributed by atoms with Gasteiger partial charge in [-0.3, -0.25) is 0 Å². The second-order valence-corrected chi connectivity index (χ2v) is 5.75. The lowest BCUT2D eigenvalue weighted by Gasteiger charge is -2.33. The quantitative estimate of drug-likeness (QED) is 0.851. The maximum absolute atomic E-state index is 9.27. The number of para-hydroxylation sites is 2. The van der Waals surface area contributed by atoms with Crippen LogP contribution in [0.15, 0.2) is 48.5 Å². The van der Waals surface area contributed by atoms with E-state index >= 15 is 0 Å². The third kappa shape index (κ3) is 3.34. The summed E-state index contributed by atoms with van der Waals surface area (Å²) in [6.07, 6.45) is 2.04. The van der Waals surface area contributed by atoms with E-state index in [-0.39, 0.29) is 6.61 Å². The highest BCUT2D eigenvalue weighted by molar-refractivity contribution is 5.60. The van der Waals surface area contributed by atoms with Gasteiger partial charge in [-0.1, -0.05) is 12.1 Å². The van der Waals surface area contributed by atoms with E-state index in [1.807, 2.05) is 42.5 Å². The van der Waals surface area contributed by atoms with Gasteiger partial charge in [0.15, 0.2) is 5.75 Å². The molecule has 1 heterocycles. The van der Waals surface area contributed by atoms with E-state index in [0.29, 0.717) is 5.92 Å². The fourth-order valence-electron chi connectivity index (χ4n) is 2.82. The van der Waals surface area contributed by atoms with Crippen LogP contribution in [0.25, 0.3) is 0 Å². The summed E-state index contributed by atoms with van der Waals surface area (Å²) in [7, 11) is 0. The number of aliphatic hydroxyl groups excluding tert-OH is 1. The first-order chi connectivity index (χ1) is 10.8. The molecule has 1 aliphatic rings. The molecule has 1 aliphatic heterocycles. The van der Waals surface area contributed by atoms with Crippen LogP contribution < -0.4 is 15.4 Å². The Morgan fingerprint density at radius 3 is 2.41 bits per heavy atom. The highest BCUT2D eigenvalue weighted by Gasteiger charge is 2.20. The van der Waals surface area contributed by atoms with Crippen molar-refractivity contribution in [3.8, 4) is 11.5 Å². The summed E-state index contributed by atoms with van der Waals surface area (Å²) in [4.78, 5) is 2.33. The molecule has 0 aliphatic carbocycles. The van der Waals surface area contributed by atoms with Crippen molar-refractivity contribution in [3.63, 3.8) is 0 Å². The number of hydrogen-bond donors (Lipinski definition) is 2. The number of benzene rings is 2. The average Bonchev–Trinajstić information content (AvgIpc) is 2.58. The van der Waals surface area contributed by atoms with Crippen LogP contribution in [0.5, 0.6) is 11.5 Å². The Kier molecular flexibility index (Phi) is 4.49. The number of aliphatic hydroxyl groups is 1. The fourth-order valence-corrected chi connectivity index (χ4v) is 2.82. The number of nitrogens with zero attached hydrogens (tertiary/aromatic N) is 1. The second-order valence-electron chi connectivity index (χ2n) is 5.75. The van der Waals surface area contributed by atoms with Crippen molar-refractivity contribution >= 4 is 11.4 Å². The molecule has 0 amide bonds. The Bertz CT molecular complexity index is 605. The normalized spacial score (nSPS) is 15.8. The zero-order valence-corrected chi connectivity index (χ0v) is 12.6. The van der Waals surface area contributed by atoms with E-state index < -0.39 is 0 Å². The molecule has 0 aromatic heterocycles. The lowest BCUT2D eigenvalue weighted by Crippen LogP contribution is -2.34. The smallest absolute Gasteiger partial charge is 0.150 e. The van der Waals surface area contributed by atoms with Gasteiger partial charge in [0, 0.05) is 25.4 Å². The van der Waals surface area contributed by atoms with Gasteiger partial charge in [0.25, 0.3) is 0 Å². The van der Waals surface area contributed by atoms with E-state index in [9.17, 15) is 5.11 Å². The molecule has 0 radical (unpaired) electrons. The van der Waals surface area contributed by atoms with Gasteiger partial charge in [-0.25, -0.2) is 0 Å². The van der Waals surface area contributed by atoms with Crippen LogP contribution in [-0.2, 0) is 0 Å². The first-order valence-electron chi connectivity index (χ1n) is 7.74. The van der Waals surface area contributed by atoms with Crippen LogP contribution in [-0.4, -0.2) is 24.8 Å². The number of nitrogen functional groups attached to an aromatic ring is 1. The summed E-state index contributed by atoms with van der Waals surface area (Å²) < 4.78 is 6.02. The molecule has 0 atom stereocenters. The number of rotatable bonds is 4. The molecule has 4 heteroatoms. The lowest BCUT2D eigenvalue weighted by molar-refractivity contribution is 0.203. The molecular formula is C18H22N2O2. The van der Waals surface area contributed by atoms with Gasteiger partial charge in [0.2, 0.25) is 0 Å². The topological polar surface area (TPSA) is 58.7 Å². The van der Waals surface area contributed by atoms with Crippen LogP contribution in [0, 0.1) is 5.92 Å². The average molecular weight is 298 g/mol. The molecule has 22 heavy (non-hydrogen) atoms. The van der Waals surface area contributed by atoms with Crippen LogP contribution in [0.2, 0.25) is 0 Å². The Labute approximate surface area is 131 Å². The first-order valence-corrected chi connectivity index (χ1v) is 7.74. The number of ether oxygens (including phenoxy) is 1. The molecule has 1 fully saturated rings. The number of hydrogen-bond acceptors (Lipinski definition) is 4. The van der Waals surface area contributed by atoms with Crippen molar-refractivity contribution in [1.82, 2.24) is 0 Å². The largest absolute Gasteiger partial charge is 0.455 e. The monoisotopic (exact) mass is 298 g/mol. The van der Waals surface area contributed by atoms with Gasteiger partial charge in [0.05, 0.1) is 5.69 Å². The molecule has 2 aromatic carbocycles. The van der Waals surface area contributed by atoms with Crippen molar-refractivity contribution in [3.05, 3.63) is 48.5 Å². The molecule has 0 saturated carbocycles. The molecular weight excluding hydrogens is 276 g/mol. The van der Waals surface area contributed by atoms with Crippen LogP contribution in [0.1, 0.15) is 12.8 Å². The Balaban J connectivity index is 1.77. The maximum atomic E-state index is 9.27. The molecule has 2 aromatic rings. The lowest BCUT2D eigenvalue weighted by atomic mass is 9.97. The molecule has 0 unspecified atom stereocenters. The number of anilines is 2. The molecule has 4 nitrogen and oxygen atoms in total. The van der Waals surface area contributed by atoms with Gasteiger partial charge in [-0.15, -0.1) is 0 Å². The number of piperidine rings is 1. The minimum absolute atomic E-state index is 0.289. The Morgan fingerprint density at radius 2 is 1.73 bits per heavy atom. The highest BCUT2D eigenvalue weighted by Crippen LogP contribution is 2.34. The third-order valence-electron chi connectivity index (χ3n) is 4.19. The molecule has 116 valence electrons. The summed E-state index contributed by atoms with van der Waals surface area (Å²) in [5, 5.41) is 9.27. The predicted molar refractivity (Wildman–Crippen MR) is 89.4 cm³/mol. The van der Waals surface area contributed by atoms with Crippen LogP contribution >= 0.6 is 0 Å². The van der Waals surface area contributed by atoms with E-state index in [0.717, 1.165) is 48.8 Å². The van der Waals surface area contributed by atoms with E-state index in [1.165, 1.54) is 0 Å². The van der Waals surface area contributed by atoms with Crippen molar-refractivity contribution < 1.29 is 9.84 Å². The summed E-state index contributed by atoms with van der Waals surface area (Å²) in [6, 6.07) is 15.5. The van der Waals surface area contributed by atoms with Crippen molar-refractivity contribution in [2.24, 2.45) is 5.92 Å². The molecule has 3 rings (SSSR count). The van der Waals surface area contributed by atoms with E-state index in [2.05, 4.69) is 11.0 Å². The van der Waals surface area contributed by atoms with Gasteiger partial charge in [0.1, 0.15) is 5.75 Å². The highest BCUT2D eigenvalue weighted by atomic mass is 16.5. The first kappa shape index (κ1) is 14.7. The van der Waals surface area contributed by atoms with Crippen LogP contribution in [0.4, 0.5) is 11.4 Å². The Hall–Kier alpha value is -2.20. The Morgan fingerprint density at radius 1 is 1.05 bits per heavy atom. The van der Waals surface area contributed by atoms with Gasteiger partial charge in [-0.2, -0.15) is 0 Å². The minimum atomic E-state index is 0.289. The fraction of sp³-hybridized carbons (Fsp3) is 0.333. The third-order valence-corrected chi connectivity index (χ3v) is 4.19. The molecule has 0 bridgehead atoms. The summed E-state index contributed by atoms with van der Waals surface area (Å²) in [5.74, 6) is 2.07. The summed E-state index contributed by atoms with van der Waals surface area (Å²) >= 11 is 0. The molecule has 0 spiro atoms. The zero-order valence-electron chi connectivity index (χ0n) is 12.6. The second kappa shape index (κ2) is 6.71. The molecule has 1 saturated heterocycles. The SMILES string of the molecule is Nc1ccc(Oc2ccccc2N2CCC(CO)CC2)cc1. The van der Waals surface area contributed by atoms with Crippen molar-refractivity contribution in [2.45, 2.75) is 12.8 Å². The zero-order chi connectivity index (χ0) is 15.4. The summed E-state index contributed by atoms with van der Waals surface area (Å²) in [5.41, 5.74) is 7.54.